The van der Waals surface area contributed by atoms with E-state index in [9.17, 15) is 0 Å². The molecule has 0 spiro atoms. The van der Waals surface area contributed by atoms with Crippen molar-refractivity contribution in [3.63, 3.8) is 0 Å². The summed E-state index contributed by atoms with van der Waals surface area (Å²) in [6.07, 6.45) is 5.08. The van der Waals surface area contributed by atoms with Gasteiger partial charge in [-0.15, -0.1) is 0 Å². The highest BCUT2D eigenvalue weighted by atomic mass is 35.5. The van der Waals surface area contributed by atoms with E-state index in [0.717, 1.165) is 18.6 Å². The van der Waals surface area contributed by atoms with E-state index >= 15 is 0 Å². The minimum absolute atomic E-state index is 0.264. The topological polar surface area (TPSA) is 9.23 Å². The second kappa shape index (κ2) is 7.12. The molecule has 0 fully saturated rings. The number of benzene rings is 1. The Morgan fingerprint density at radius 2 is 1.80 bits per heavy atom. The van der Waals surface area contributed by atoms with E-state index in [1.165, 1.54) is 0 Å². The lowest BCUT2D eigenvalue weighted by Gasteiger charge is -2.36. The fourth-order valence-corrected chi connectivity index (χ4v) is 2.80. The molecule has 112 valence electrons. The summed E-state index contributed by atoms with van der Waals surface area (Å²) in [5.41, 5.74) is 1.06. The molecule has 0 unspecified atom stereocenters. The van der Waals surface area contributed by atoms with Crippen LogP contribution < -0.4 is 0 Å². The van der Waals surface area contributed by atoms with Gasteiger partial charge in [0.05, 0.1) is 10.0 Å². The van der Waals surface area contributed by atoms with Crippen molar-refractivity contribution in [1.82, 2.24) is 0 Å². The molecule has 0 aliphatic rings. The van der Waals surface area contributed by atoms with Crippen molar-refractivity contribution in [3.8, 4) is 0 Å². The highest BCUT2D eigenvalue weighted by Crippen LogP contribution is 2.36. The van der Waals surface area contributed by atoms with Crippen LogP contribution in [0.15, 0.2) is 24.3 Å². The summed E-state index contributed by atoms with van der Waals surface area (Å²) in [7, 11) is -1.62. The van der Waals surface area contributed by atoms with Gasteiger partial charge in [-0.2, -0.15) is 0 Å². The molecule has 0 aliphatic carbocycles. The molecule has 0 N–H and O–H groups in total. The zero-order valence-electron chi connectivity index (χ0n) is 13.0. The lowest BCUT2D eigenvalue weighted by molar-refractivity contribution is 0.294. The molecule has 20 heavy (non-hydrogen) atoms. The quantitative estimate of drug-likeness (QED) is 0.447. The Morgan fingerprint density at radius 3 is 2.35 bits per heavy atom. The fourth-order valence-electron chi connectivity index (χ4n) is 1.43. The van der Waals surface area contributed by atoms with E-state index < -0.39 is 8.32 Å². The Morgan fingerprint density at radius 1 is 1.15 bits per heavy atom. The smallest absolute Gasteiger partial charge is 0.191 e. The minimum Gasteiger partial charge on any atom is -0.417 e. The second-order valence-corrected chi connectivity index (χ2v) is 12.1. The van der Waals surface area contributed by atoms with E-state index in [2.05, 4.69) is 46.0 Å². The number of hydrogen-bond acceptors (Lipinski definition) is 1. The van der Waals surface area contributed by atoms with Gasteiger partial charge in [0.2, 0.25) is 0 Å². The van der Waals surface area contributed by atoms with Gasteiger partial charge in [0, 0.05) is 6.61 Å². The molecule has 0 radical (unpaired) electrons. The molecule has 1 aromatic carbocycles. The third-order valence-corrected chi connectivity index (χ3v) is 9.08. The predicted octanol–water partition coefficient (Wildman–Crippen LogP) is 6.42. The minimum atomic E-state index is -1.62. The predicted molar refractivity (Wildman–Crippen MR) is 93.3 cm³/mol. The largest absolute Gasteiger partial charge is 0.417 e. The van der Waals surface area contributed by atoms with Gasteiger partial charge in [-0.05, 0) is 42.2 Å². The van der Waals surface area contributed by atoms with Crippen molar-refractivity contribution in [3.05, 3.63) is 39.9 Å². The summed E-state index contributed by atoms with van der Waals surface area (Å²) in [5, 5.41) is 1.44. The summed E-state index contributed by atoms with van der Waals surface area (Å²) in [5.74, 6) is 0. The van der Waals surface area contributed by atoms with E-state index in [1.807, 2.05) is 18.2 Å². The van der Waals surface area contributed by atoms with Crippen molar-refractivity contribution >= 4 is 37.6 Å². The summed E-state index contributed by atoms with van der Waals surface area (Å²) in [6, 6.07) is 5.64. The molecule has 1 nitrogen and oxygen atoms in total. The number of hydrogen-bond donors (Lipinski definition) is 0. The maximum atomic E-state index is 6.12. The highest BCUT2D eigenvalue weighted by Gasteiger charge is 2.36. The van der Waals surface area contributed by atoms with Gasteiger partial charge in [0.1, 0.15) is 0 Å². The molecule has 0 heterocycles. The summed E-state index contributed by atoms with van der Waals surface area (Å²) in [6.45, 7) is 12.1. The molecule has 4 heteroatoms. The Hall–Kier alpha value is -0.283. The van der Waals surface area contributed by atoms with E-state index in [4.69, 9.17) is 27.6 Å². The monoisotopic (exact) mass is 330 g/mol. The maximum absolute atomic E-state index is 6.12. The van der Waals surface area contributed by atoms with E-state index in [-0.39, 0.29) is 5.04 Å². The first-order chi connectivity index (χ1) is 9.13. The zero-order valence-corrected chi connectivity index (χ0v) is 15.5. The van der Waals surface area contributed by atoms with Crippen molar-refractivity contribution in [2.75, 3.05) is 6.61 Å². The molecular formula is C16H24Cl2OSi. The average molecular weight is 331 g/mol. The van der Waals surface area contributed by atoms with Crippen LogP contribution >= 0.6 is 23.2 Å². The van der Waals surface area contributed by atoms with Crippen LogP contribution in [0, 0.1) is 0 Å². The Balaban J connectivity index is 2.45. The van der Waals surface area contributed by atoms with Crippen LogP contribution in [0.2, 0.25) is 28.2 Å². The fraction of sp³-hybridized carbons (Fsp3) is 0.500. The first kappa shape index (κ1) is 17.8. The van der Waals surface area contributed by atoms with Crippen LogP contribution in [0.5, 0.6) is 0 Å². The van der Waals surface area contributed by atoms with Crippen molar-refractivity contribution in [1.29, 1.82) is 0 Å². The molecule has 1 aromatic rings. The second-order valence-electron chi connectivity index (χ2n) is 6.47. The number of halogens is 2. The van der Waals surface area contributed by atoms with Gasteiger partial charge >= 0.3 is 0 Å². The Kier molecular flexibility index (Phi) is 6.33. The maximum Gasteiger partial charge on any atom is 0.191 e. The first-order valence-corrected chi connectivity index (χ1v) is 10.6. The van der Waals surface area contributed by atoms with Gasteiger partial charge in [-0.25, -0.2) is 0 Å². The summed E-state index contributed by atoms with van der Waals surface area (Å²) >= 11 is 11.9. The SMILES string of the molecule is CC(C)(C)[Si](C)(C)OCCC=Cc1ccc(Cl)c(Cl)c1. The van der Waals surface area contributed by atoms with Crippen LogP contribution in [0.3, 0.4) is 0 Å². The molecule has 0 saturated carbocycles. The average Bonchev–Trinajstić information content (AvgIpc) is 2.31. The van der Waals surface area contributed by atoms with Gasteiger partial charge in [-0.1, -0.05) is 62.2 Å². The molecule has 0 saturated heterocycles. The van der Waals surface area contributed by atoms with Crippen molar-refractivity contribution < 1.29 is 4.43 Å². The summed E-state index contributed by atoms with van der Waals surface area (Å²) in [4.78, 5) is 0. The lowest BCUT2D eigenvalue weighted by atomic mass is 10.2. The van der Waals surface area contributed by atoms with Crippen molar-refractivity contribution in [2.45, 2.75) is 45.3 Å². The standard InChI is InChI=1S/C16H24Cl2OSi/c1-16(2,3)20(4,5)19-11-7-6-8-13-9-10-14(17)15(18)12-13/h6,8-10,12H,7,11H2,1-5H3. The highest BCUT2D eigenvalue weighted by molar-refractivity contribution is 6.74. The van der Waals surface area contributed by atoms with E-state index in [0.29, 0.717) is 10.0 Å². The molecular weight excluding hydrogens is 307 g/mol. The van der Waals surface area contributed by atoms with Crippen LogP contribution in [0.1, 0.15) is 32.8 Å². The van der Waals surface area contributed by atoms with Crippen molar-refractivity contribution in [2.24, 2.45) is 0 Å². The third-order valence-electron chi connectivity index (χ3n) is 3.81. The van der Waals surface area contributed by atoms with Gasteiger partial charge in [-0.3, -0.25) is 0 Å². The molecule has 0 atom stereocenters. The zero-order chi connectivity index (χ0) is 15.4. The molecule has 0 amide bonds. The molecule has 1 rings (SSSR count). The lowest BCUT2D eigenvalue weighted by Crippen LogP contribution is -2.40. The molecule has 0 aromatic heterocycles. The third kappa shape index (κ3) is 5.25. The van der Waals surface area contributed by atoms with Crippen LogP contribution in [-0.4, -0.2) is 14.9 Å². The van der Waals surface area contributed by atoms with Crippen LogP contribution in [0.25, 0.3) is 6.08 Å². The Bertz CT molecular complexity index is 476. The van der Waals surface area contributed by atoms with Crippen LogP contribution in [0.4, 0.5) is 0 Å². The normalized spacial score (nSPS) is 13.2. The van der Waals surface area contributed by atoms with Crippen LogP contribution in [-0.2, 0) is 4.43 Å². The van der Waals surface area contributed by atoms with Gasteiger partial charge < -0.3 is 4.43 Å². The first-order valence-electron chi connectivity index (χ1n) is 6.89. The Labute approximate surface area is 134 Å². The molecule has 0 bridgehead atoms. The van der Waals surface area contributed by atoms with Gasteiger partial charge in [0.25, 0.3) is 0 Å². The van der Waals surface area contributed by atoms with Gasteiger partial charge in [0.15, 0.2) is 8.32 Å². The number of rotatable bonds is 5. The van der Waals surface area contributed by atoms with E-state index in [1.54, 1.807) is 0 Å². The molecule has 0 aliphatic heterocycles. The summed E-state index contributed by atoms with van der Waals surface area (Å²) < 4.78 is 6.12.